The molecule has 0 saturated carbocycles. The van der Waals surface area contributed by atoms with Crippen LogP contribution in [0.1, 0.15) is 37.8 Å². The number of carbonyl (C=O) groups is 2. The maximum absolute atomic E-state index is 13.0. The Bertz CT molecular complexity index is 872. The molecule has 2 amide bonds. The standard InChI is InChI=1S/C22H33N5O3/c1-15(28)25-8-6-18(7-9-25)26-11-16-10-17(13-26)20-5-4-19(22(30)27(20)12-16)23-21(29)14-24(2)3/h4-5,16-18H,6-14H2,1-3H3,(H,23,29)/t16-,17+/m0/s1. The molecule has 164 valence electrons. The summed E-state index contributed by atoms with van der Waals surface area (Å²) in [5.41, 5.74) is 1.38. The maximum atomic E-state index is 13.0. The van der Waals surface area contributed by atoms with Gasteiger partial charge in [-0.1, -0.05) is 0 Å². The molecule has 1 N–H and O–H groups in total. The second-order valence-electron chi connectivity index (χ2n) is 9.36. The number of fused-ring (bicyclic) bond motifs is 4. The number of hydrogen-bond donors (Lipinski definition) is 1. The number of nitrogens with one attached hydrogen (secondary N) is 1. The van der Waals surface area contributed by atoms with Gasteiger partial charge in [-0.05, 0) is 51.4 Å². The first-order valence-corrected chi connectivity index (χ1v) is 11.0. The molecule has 0 unspecified atom stereocenters. The number of likely N-dealkylation sites (N-methyl/N-ethyl adjacent to an activating group) is 1. The summed E-state index contributed by atoms with van der Waals surface area (Å²) in [6.07, 6.45) is 3.18. The van der Waals surface area contributed by atoms with E-state index >= 15 is 0 Å². The summed E-state index contributed by atoms with van der Waals surface area (Å²) in [5.74, 6) is 0.803. The number of rotatable bonds is 4. The van der Waals surface area contributed by atoms with Gasteiger partial charge >= 0.3 is 0 Å². The topological polar surface area (TPSA) is 77.9 Å². The fourth-order valence-electron chi connectivity index (χ4n) is 5.40. The van der Waals surface area contributed by atoms with Crippen LogP contribution >= 0.6 is 0 Å². The summed E-state index contributed by atoms with van der Waals surface area (Å²) in [6.45, 7) is 6.28. The highest BCUT2D eigenvalue weighted by atomic mass is 16.2. The van der Waals surface area contributed by atoms with Gasteiger partial charge in [0.05, 0.1) is 6.54 Å². The smallest absolute Gasteiger partial charge is 0.274 e. The Hall–Kier alpha value is -2.19. The van der Waals surface area contributed by atoms with Crippen LogP contribution in [0.15, 0.2) is 16.9 Å². The second kappa shape index (κ2) is 8.51. The summed E-state index contributed by atoms with van der Waals surface area (Å²) in [6, 6.07) is 4.32. The van der Waals surface area contributed by atoms with Crippen molar-refractivity contribution in [1.82, 2.24) is 19.3 Å². The van der Waals surface area contributed by atoms with Crippen LogP contribution in [0.2, 0.25) is 0 Å². The van der Waals surface area contributed by atoms with Gasteiger partial charge in [-0.2, -0.15) is 0 Å². The minimum absolute atomic E-state index is 0.0856. The SMILES string of the molecule is CC(=O)N1CCC(N2C[C@@H]3C[C@H](C2)c2ccc(NC(=O)CN(C)C)c(=O)n2C3)CC1. The molecule has 2 bridgehead atoms. The van der Waals surface area contributed by atoms with E-state index in [0.717, 1.165) is 51.1 Å². The van der Waals surface area contributed by atoms with E-state index in [9.17, 15) is 14.4 Å². The molecular weight excluding hydrogens is 382 g/mol. The third kappa shape index (κ3) is 4.30. The summed E-state index contributed by atoms with van der Waals surface area (Å²) in [4.78, 5) is 43.1. The Morgan fingerprint density at radius 3 is 2.53 bits per heavy atom. The molecule has 3 aliphatic heterocycles. The van der Waals surface area contributed by atoms with Gasteiger partial charge in [0.15, 0.2) is 0 Å². The lowest BCUT2D eigenvalue weighted by atomic mass is 9.82. The minimum atomic E-state index is -0.170. The average molecular weight is 416 g/mol. The van der Waals surface area contributed by atoms with Crippen molar-refractivity contribution >= 4 is 17.5 Å². The van der Waals surface area contributed by atoms with Crippen molar-refractivity contribution in [3.8, 4) is 0 Å². The van der Waals surface area contributed by atoms with Gasteiger partial charge in [-0.25, -0.2) is 0 Å². The van der Waals surface area contributed by atoms with Crippen LogP contribution in [0.3, 0.4) is 0 Å². The molecule has 2 fully saturated rings. The van der Waals surface area contributed by atoms with Crippen LogP contribution in [0.5, 0.6) is 0 Å². The van der Waals surface area contributed by atoms with Gasteiger partial charge in [0.1, 0.15) is 5.69 Å². The summed E-state index contributed by atoms with van der Waals surface area (Å²) < 4.78 is 1.89. The molecule has 1 aromatic heterocycles. The molecule has 4 rings (SSSR count). The fourth-order valence-corrected chi connectivity index (χ4v) is 5.40. The highest BCUT2D eigenvalue weighted by Crippen LogP contribution is 2.37. The van der Waals surface area contributed by atoms with E-state index in [1.165, 1.54) is 0 Å². The monoisotopic (exact) mass is 415 g/mol. The van der Waals surface area contributed by atoms with Crippen LogP contribution < -0.4 is 10.9 Å². The molecule has 1 aromatic rings. The molecule has 30 heavy (non-hydrogen) atoms. The molecular formula is C22H33N5O3. The number of piperidine rings is 2. The number of pyridine rings is 1. The average Bonchev–Trinajstić information content (AvgIpc) is 2.70. The Balaban J connectivity index is 1.46. The van der Waals surface area contributed by atoms with E-state index < -0.39 is 0 Å². The van der Waals surface area contributed by atoms with Crippen LogP contribution in [0, 0.1) is 5.92 Å². The Kier molecular flexibility index (Phi) is 5.97. The van der Waals surface area contributed by atoms with Crippen molar-refractivity contribution in [1.29, 1.82) is 0 Å². The van der Waals surface area contributed by atoms with Gasteiger partial charge in [-0.15, -0.1) is 0 Å². The molecule has 8 nitrogen and oxygen atoms in total. The quantitative estimate of drug-likeness (QED) is 0.786. The molecule has 3 aliphatic rings. The molecule has 2 atom stereocenters. The van der Waals surface area contributed by atoms with Crippen molar-refractivity contribution in [2.24, 2.45) is 5.92 Å². The second-order valence-corrected chi connectivity index (χ2v) is 9.36. The number of aromatic nitrogens is 1. The number of likely N-dealkylation sites (tertiary alicyclic amines) is 2. The Labute approximate surface area is 177 Å². The van der Waals surface area contributed by atoms with Crippen LogP contribution in [0.4, 0.5) is 5.69 Å². The first-order valence-electron chi connectivity index (χ1n) is 11.0. The summed E-state index contributed by atoms with van der Waals surface area (Å²) in [7, 11) is 3.66. The van der Waals surface area contributed by atoms with Crippen LogP contribution in [-0.2, 0) is 16.1 Å². The zero-order valence-electron chi connectivity index (χ0n) is 18.3. The first-order chi connectivity index (χ1) is 14.3. The van der Waals surface area contributed by atoms with Crippen molar-refractivity contribution in [2.75, 3.05) is 52.1 Å². The predicted molar refractivity (Wildman–Crippen MR) is 116 cm³/mol. The first kappa shape index (κ1) is 21.1. The van der Waals surface area contributed by atoms with E-state index in [-0.39, 0.29) is 23.9 Å². The van der Waals surface area contributed by atoms with Gasteiger partial charge in [0.25, 0.3) is 5.56 Å². The lowest BCUT2D eigenvalue weighted by Gasteiger charge is -2.47. The van der Waals surface area contributed by atoms with Crippen molar-refractivity contribution in [3.05, 3.63) is 28.2 Å². The maximum Gasteiger partial charge on any atom is 0.274 e. The third-order valence-electron chi connectivity index (χ3n) is 6.79. The van der Waals surface area contributed by atoms with Crippen molar-refractivity contribution in [3.63, 3.8) is 0 Å². The molecule has 0 aliphatic carbocycles. The third-order valence-corrected chi connectivity index (χ3v) is 6.79. The van der Waals surface area contributed by atoms with Gasteiger partial charge in [-0.3, -0.25) is 19.3 Å². The van der Waals surface area contributed by atoms with E-state index in [4.69, 9.17) is 0 Å². The lowest BCUT2D eigenvalue weighted by molar-refractivity contribution is -0.130. The molecule has 8 heteroatoms. The van der Waals surface area contributed by atoms with Gasteiger partial charge in [0, 0.05) is 57.3 Å². The lowest BCUT2D eigenvalue weighted by Crippen LogP contribution is -2.53. The molecule has 0 radical (unpaired) electrons. The zero-order chi connectivity index (χ0) is 21.4. The highest BCUT2D eigenvalue weighted by Gasteiger charge is 2.38. The normalized spacial score (nSPS) is 24.6. The van der Waals surface area contributed by atoms with Gasteiger partial charge < -0.3 is 19.7 Å². The van der Waals surface area contributed by atoms with Crippen LogP contribution in [0.25, 0.3) is 0 Å². The Morgan fingerprint density at radius 1 is 1.13 bits per heavy atom. The molecule has 4 heterocycles. The largest absolute Gasteiger partial charge is 0.343 e. The van der Waals surface area contributed by atoms with E-state index in [0.29, 0.717) is 30.1 Å². The number of amides is 2. The zero-order valence-corrected chi connectivity index (χ0v) is 18.3. The van der Waals surface area contributed by atoms with Crippen molar-refractivity contribution < 1.29 is 9.59 Å². The number of anilines is 1. The van der Waals surface area contributed by atoms with Crippen molar-refractivity contribution in [2.45, 2.75) is 44.7 Å². The molecule has 2 saturated heterocycles. The number of hydrogen-bond acceptors (Lipinski definition) is 5. The van der Waals surface area contributed by atoms with E-state index in [2.05, 4.69) is 10.2 Å². The molecule has 0 spiro atoms. The van der Waals surface area contributed by atoms with Crippen LogP contribution in [-0.4, -0.2) is 83.9 Å². The van der Waals surface area contributed by atoms with E-state index in [1.54, 1.807) is 17.9 Å². The number of nitrogens with zero attached hydrogens (tertiary/aromatic N) is 4. The predicted octanol–water partition coefficient (Wildman–Crippen LogP) is 0.778. The van der Waals surface area contributed by atoms with E-state index in [1.807, 2.05) is 29.6 Å². The highest BCUT2D eigenvalue weighted by molar-refractivity contribution is 5.92. The summed E-state index contributed by atoms with van der Waals surface area (Å²) >= 11 is 0. The Morgan fingerprint density at radius 2 is 1.87 bits per heavy atom. The minimum Gasteiger partial charge on any atom is -0.343 e. The van der Waals surface area contributed by atoms with Gasteiger partial charge in [0.2, 0.25) is 11.8 Å². The fraction of sp³-hybridized carbons (Fsp3) is 0.682. The number of carbonyl (C=O) groups excluding carboxylic acids is 2. The summed E-state index contributed by atoms with van der Waals surface area (Å²) in [5, 5.41) is 2.77. The molecule has 0 aromatic carbocycles.